The Hall–Kier alpha value is -7.30. The summed E-state index contributed by atoms with van der Waals surface area (Å²) in [6.07, 6.45) is 0. The summed E-state index contributed by atoms with van der Waals surface area (Å²) in [6.45, 7) is 0. The van der Waals surface area contributed by atoms with Gasteiger partial charge < -0.3 is 18.5 Å². The number of nitrogens with zero attached hydrogens (tertiary/aromatic N) is 3. The molecule has 0 aliphatic carbocycles. The van der Waals surface area contributed by atoms with Gasteiger partial charge in [0.05, 0.1) is 22.2 Å². The lowest BCUT2D eigenvalue weighted by atomic mass is 10.0. The van der Waals surface area contributed by atoms with Gasteiger partial charge in [-0.05, 0) is 96.1 Å². The molecule has 0 saturated heterocycles. The van der Waals surface area contributed by atoms with E-state index in [1.165, 1.54) is 32.9 Å². The Balaban J connectivity index is 1.12. The van der Waals surface area contributed by atoms with E-state index in [1.807, 2.05) is 0 Å². The number of para-hydroxylation sites is 5. The highest BCUT2D eigenvalue weighted by Gasteiger charge is 2.24. The van der Waals surface area contributed by atoms with Gasteiger partial charge in [-0.3, -0.25) is 0 Å². The molecular formula is C50H33N3O. The van der Waals surface area contributed by atoms with Crippen molar-refractivity contribution in [3.05, 3.63) is 200 Å². The van der Waals surface area contributed by atoms with Crippen LogP contribution in [-0.4, -0.2) is 9.13 Å². The van der Waals surface area contributed by atoms with Crippen molar-refractivity contribution in [1.82, 2.24) is 9.13 Å². The Morgan fingerprint density at radius 2 is 0.815 bits per heavy atom. The Bertz CT molecular complexity index is 3080. The van der Waals surface area contributed by atoms with Crippen LogP contribution < -0.4 is 4.90 Å². The number of rotatable bonds is 6. The fourth-order valence-electron chi connectivity index (χ4n) is 8.31. The van der Waals surface area contributed by atoms with Crippen molar-refractivity contribution in [2.75, 3.05) is 4.90 Å². The van der Waals surface area contributed by atoms with Gasteiger partial charge in [0.1, 0.15) is 5.52 Å². The van der Waals surface area contributed by atoms with Gasteiger partial charge in [0.2, 0.25) is 0 Å². The minimum Gasteiger partial charge on any atom is -0.451 e. The third-order valence-electron chi connectivity index (χ3n) is 10.7. The molecule has 0 saturated carbocycles. The smallest absolute Gasteiger partial charge is 0.161 e. The number of aromatic nitrogens is 2. The van der Waals surface area contributed by atoms with Crippen LogP contribution in [0.4, 0.5) is 17.1 Å². The maximum absolute atomic E-state index is 7.03. The van der Waals surface area contributed by atoms with E-state index < -0.39 is 0 Å². The molecule has 0 radical (unpaired) electrons. The molecule has 0 atom stereocenters. The summed E-state index contributed by atoms with van der Waals surface area (Å²) < 4.78 is 11.7. The van der Waals surface area contributed by atoms with Crippen LogP contribution in [0.1, 0.15) is 0 Å². The molecular weight excluding hydrogens is 659 g/mol. The Kier molecular flexibility index (Phi) is 6.82. The van der Waals surface area contributed by atoms with E-state index in [-0.39, 0.29) is 0 Å². The highest BCUT2D eigenvalue weighted by molar-refractivity contribution is 6.19. The number of fused-ring (bicyclic) bond motifs is 8. The Morgan fingerprint density at radius 1 is 0.333 bits per heavy atom. The van der Waals surface area contributed by atoms with E-state index in [0.717, 1.165) is 61.4 Å². The molecule has 0 aliphatic rings. The first-order valence-corrected chi connectivity index (χ1v) is 18.4. The largest absolute Gasteiger partial charge is 0.451 e. The molecule has 0 N–H and O–H groups in total. The van der Waals surface area contributed by atoms with Crippen LogP contribution >= 0.6 is 0 Å². The number of benzene rings is 8. The first-order valence-electron chi connectivity index (χ1n) is 18.4. The van der Waals surface area contributed by atoms with Crippen LogP contribution in [0.5, 0.6) is 0 Å². The molecule has 0 unspecified atom stereocenters. The molecule has 3 heterocycles. The summed E-state index contributed by atoms with van der Waals surface area (Å²) >= 11 is 0. The molecule has 0 aliphatic heterocycles. The van der Waals surface area contributed by atoms with Gasteiger partial charge in [-0.1, -0.05) is 115 Å². The van der Waals surface area contributed by atoms with E-state index in [4.69, 9.17) is 4.42 Å². The Labute approximate surface area is 312 Å². The second-order valence-corrected chi connectivity index (χ2v) is 13.8. The van der Waals surface area contributed by atoms with Crippen LogP contribution in [0, 0.1) is 0 Å². The lowest BCUT2D eigenvalue weighted by molar-refractivity contribution is 0.673. The molecule has 11 aromatic rings. The van der Waals surface area contributed by atoms with Gasteiger partial charge >= 0.3 is 0 Å². The van der Waals surface area contributed by atoms with E-state index >= 15 is 0 Å². The van der Waals surface area contributed by atoms with Crippen molar-refractivity contribution in [3.8, 4) is 22.5 Å². The van der Waals surface area contributed by atoms with Crippen LogP contribution in [0.2, 0.25) is 0 Å². The molecule has 0 spiro atoms. The maximum atomic E-state index is 7.03. The van der Waals surface area contributed by atoms with Crippen molar-refractivity contribution < 1.29 is 4.42 Å². The molecule has 0 bridgehead atoms. The molecule has 254 valence electrons. The lowest BCUT2D eigenvalue weighted by Crippen LogP contribution is -2.10. The van der Waals surface area contributed by atoms with E-state index in [9.17, 15) is 0 Å². The average Bonchev–Trinajstić information content (AvgIpc) is 3.90. The second kappa shape index (κ2) is 12.1. The summed E-state index contributed by atoms with van der Waals surface area (Å²) in [5, 5.41) is 4.66. The van der Waals surface area contributed by atoms with Gasteiger partial charge in [0.15, 0.2) is 11.2 Å². The predicted molar refractivity (Wildman–Crippen MR) is 225 cm³/mol. The van der Waals surface area contributed by atoms with Gasteiger partial charge in [-0.25, -0.2) is 0 Å². The molecule has 4 heteroatoms. The summed E-state index contributed by atoms with van der Waals surface area (Å²) in [4.78, 5) is 2.32. The fourth-order valence-corrected chi connectivity index (χ4v) is 8.31. The molecule has 0 fully saturated rings. The zero-order valence-electron chi connectivity index (χ0n) is 29.3. The van der Waals surface area contributed by atoms with Crippen LogP contribution in [0.25, 0.3) is 77.3 Å². The predicted octanol–water partition coefficient (Wildman–Crippen LogP) is 13.8. The molecule has 54 heavy (non-hydrogen) atoms. The van der Waals surface area contributed by atoms with Crippen molar-refractivity contribution in [2.45, 2.75) is 0 Å². The maximum Gasteiger partial charge on any atom is 0.161 e. The third kappa shape index (κ3) is 4.64. The quantitative estimate of drug-likeness (QED) is 0.173. The van der Waals surface area contributed by atoms with Crippen molar-refractivity contribution in [2.24, 2.45) is 0 Å². The first-order chi connectivity index (χ1) is 26.8. The number of hydrogen-bond acceptors (Lipinski definition) is 2. The Morgan fingerprint density at radius 3 is 1.46 bits per heavy atom. The lowest BCUT2D eigenvalue weighted by Gasteiger charge is -2.26. The van der Waals surface area contributed by atoms with Gasteiger partial charge in [-0.2, -0.15) is 0 Å². The SMILES string of the molecule is c1ccc(-c2ccc(N(c3ccc(-n4c5ccccc5c5ccccc54)cc3)c3cccc4c3oc3c5ccccc5n(-c5ccccc5)c43)cc2)cc1. The summed E-state index contributed by atoms with van der Waals surface area (Å²) in [7, 11) is 0. The zero-order valence-corrected chi connectivity index (χ0v) is 29.3. The fraction of sp³-hybridized carbons (Fsp3) is 0. The van der Waals surface area contributed by atoms with Gasteiger partial charge in [0, 0.05) is 44.3 Å². The normalized spacial score (nSPS) is 11.7. The van der Waals surface area contributed by atoms with E-state index in [0.29, 0.717) is 0 Å². The third-order valence-corrected chi connectivity index (χ3v) is 10.7. The van der Waals surface area contributed by atoms with E-state index in [1.54, 1.807) is 0 Å². The molecule has 4 nitrogen and oxygen atoms in total. The number of anilines is 3. The number of furan rings is 1. The van der Waals surface area contributed by atoms with Gasteiger partial charge in [0.25, 0.3) is 0 Å². The van der Waals surface area contributed by atoms with Crippen LogP contribution in [0.3, 0.4) is 0 Å². The second-order valence-electron chi connectivity index (χ2n) is 13.8. The summed E-state index contributed by atoms with van der Waals surface area (Å²) in [6, 6.07) is 71.2. The topological polar surface area (TPSA) is 26.2 Å². The van der Waals surface area contributed by atoms with Crippen LogP contribution in [-0.2, 0) is 0 Å². The van der Waals surface area contributed by atoms with Gasteiger partial charge in [-0.15, -0.1) is 0 Å². The minimum absolute atomic E-state index is 0.844. The standard InChI is InChI=1S/C50H33N3O/c1-3-14-34(15-4-1)35-26-28-37(29-27-35)51(38-30-32-39(33-31-38)52-44-22-10-7-18-40(44)41-19-8-11-23-45(41)52)47-25-13-21-43-48-50(54-49(43)47)42-20-9-12-24-46(42)53(48)36-16-5-2-6-17-36/h1-33H. The monoisotopic (exact) mass is 691 g/mol. The highest BCUT2D eigenvalue weighted by atomic mass is 16.3. The molecule has 0 amide bonds. The molecule has 3 aromatic heterocycles. The zero-order chi connectivity index (χ0) is 35.6. The first kappa shape index (κ1) is 30.3. The van der Waals surface area contributed by atoms with Crippen LogP contribution in [0.15, 0.2) is 205 Å². The summed E-state index contributed by atoms with van der Waals surface area (Å²) in [5.41, 5.74) is 13.9. The molecule has 8 aromatic carbocycles. The minimum atomic E-state index is 0.844. The van der Waals surface area contributed by atoms with E-state index in [2.05, 4.69) is 214 Å². The summed E-state index contributed by atoms with van der Waals surface area (Å²) in [5.74, 6) is 0. The average molecular weight is 692 g/mol. The number of hydrogen-bond donors (Lipinski definition) is 0. The highest BCUT2D eigenvalue weighted by Crippen LogP contribution is 2.46. The van der Waals surface area contributed by atoms with Crippen molar-refractivity contribution >= 4 is 71.8 Å². The molecule has 11 rings (SSSR count). The van der Waals surface area contributed by atoms with Crippen molar-refractivity contribution in [1.29, 1.82) is 0 Å². The van der Waals surface area contributed by atoms with Crippen molar-refractivity contribution in [3.63, 3.8) is 0 Å².